The highest BCUT2D eigenvalue weighted by Gasteiger charge is 2.25. The molecular formula is C13H22N2O3S2. The van der Waals surface area contributed by atoms with Crippen LogP contribution in [0.3, 0.4) is 0 Å². The summed E-state index contributed by atoms with van der Waals surface area (Å²) in [5, 5.41) is 2.70. The topological polar surface area (TPSA) is 66.5 Å². The standard InChI is InChI=1S/C13H22N2O3S2/c1-5-10(2)15(4)20(17,18)13-7-6-12(19-13)8-9-14-11(3)16/h6-7,10H,5,8-9H2,1-4H3,(H,14,16)/t10-/m1/s1. The Morgan fingerprint density at radius 2 is 2.10 bits per heavy atom. The first-order valence-corrected chi connectivity index (χ1v) is 8.85. The Morgan fingerprint density at radius 1 is 1.45 bits per heavy atom. The van der Waals surface area contributed by atoms with Crippen molar-refractivity contribution in [3.63, 3.8) is 0 Å². The van der Waals surface area contributed by atoms with Crippen LogP contribution < -0.4 is 5.32 Å². The zero-order chi connectivity index (χ0) is 15.3. The van der Waals surface area contributed by atoms with Gasteiger partial charge in [0.2, 0.25) is 5.91 Å². The Labute approximate surface area is 125 Å². The summed E-state index contributed by atoms with van der Waals surface area (Å²) in [5.74, 6) is -0.0779. The molecule has 7 heteroatoms. The minimum Gasteiger partial charge on any atom is -0.356 e. The largest absolute Gasteiger partial charge is 0.356 e. The SMILES string of the molecule is CC[C@@H](C)N(C)S(=O)(=O)c1ccc(CCNC(C)=O)s1. The van der Waals surface area contributed by atoms with Gasteiger partial charge in [0.25, 0.3) is 10.0 Å². The first-order chi connectivity index (χ1) is 9.28. The van der Waals surface area contributed by atoms with Crippen molar-refractivity contribution in [3.05, 3.63) is 17.0 Å². The molecule has 0 bridgehead atoms. The summed E-state index contributed by atoms with van der Waals surface area (Å²) in [6.07, 6.45) is 1.42. The second kappa shape index (κ2) is 7.19. The molecule has 1 N–H and O–H groups in total. The van der Waals surface area contributed by atoms with Crippen molar-refractivity contribution < 1.29 is 13.2 Å². The Hall–Kier alpha value is -0.920. The van der Waals surface area contributed by atoms with Gasteiger partial charge in [-0.15, -0.1) is 11.3 Å². The number of amides is 1. The lowest BCUT2D eigenvalue weighted by molar-refractivity contribution is -0.118. The number of thiophene rings is 1. The van der Waals surface area contributed by atoms with E-state index in [2.05, 4.69) is 5.32 Å². The second-order valence-corrected chi connectivity index (χ2v) is 8.12. The van der Waals surface area contributed by atoms with Gasteiger partial charge in [0, 0.05) is 31.4 Å². The zero-order valence-corrected chi connectivity index (χ0v) is 14.0. The summed E-state index contributed by atoms with van der Waals surface area (Å²) in [5.41, 5.74) is 0. The number of nitrogens with zero attached hydrogens (tertiary/aromatic N) is 1. The van der Waals surface area contributed by atoms with E-state index in [1.54, 1.807) is 13.1 Å². The van der Waals surface area contributed by atoms with E-state index in [0.29, 0.717) is 17.2 Å². The molecule has 0 aliphatic heterocycles. The average molecular weight is 318 g/mol. The third-order valence-corrected chi connectivity index (χ3v) is 6.81. The molecule has 1 rings (SSSR count). The van der Waals surface area contributed by atoms with Crippen LogP contribution >= 0.6 is 11.3 Å². The van der Waals surface area contributed by atoms with Crippen LogP contribution in [0.4, 0.5) is 0 Å². The lowest BCUT2D eigenvalue weighted by atomic mass is 10.3. The lowest BCUT2D eigenvalue weighted by Gasteiger charge is -2.22. The van der Waals surface area contributed by atoms with Gasteiger partial charge < -0.3 is 5.32 Å². The van der Waals surface area contributed by atoms with E-state index >= 15 is 0 Å². The molecule has 0 spiro atoms. The van der Waals surface area contributed by atoms with Crippen molar-refractivity contribution in [1.29, 1.82) is 0 Å². The minimum atomic E-state index is -3.41. The average Bonchev–Trinajstić information content (AvgIpc) is 2.86. The predicted molar refractivity (Wildman–Crippen MR) is 81.4 cm³/mol. The molecule has 0 aromatic carbocycles. The fourth-order valence-corrected chi connectivity index (χ4v) is 4.61. The number of rotatable bonds is 7. The normalized spacial score (nSPS) is 13.4. The Balaban J connectivity index is 2.77. The molecule has 0 saturated carbocycles. The summed E-state index contributed by atoms with van der Waals surface area (Å²) in [7, 11) is -1.80. The predicted octanol–water partition coefficient (Wildman–Crippen LogP) is 1.85. The zero-order valence-electron chi connectivity index (χ0n) is 12.3. The van der Waals surface area contributed by atoms with Crippen LogP contribution in [-0.2, 0) is 21.2 Å². The number of hydrogen-bond donors (Lipinski definition) is 1. The molecule has 0 unspecified atom stereocenters. The van der Waals surface area contributed by atoms with E-state index in [-0.39, 0.29) is 11.9 Å². The van der Waals surface area contributed by atoms with Gasteiger partial charge in [0.05, 0.1) is 0 Å². The van der Waals surface area contributed by atoms with E-state index in [1.807, 2.05) is 19.9 Å². The summed E-state index contributed by atoms with van der Waals surface area (Å²) in [4.78, 5) is 11.7. The smallest absolute Gasteiger partial charge is 0.252 e. The minimum absolute atomic E-state index is 0.0232. The molecule has 114 valence electrons. The fourth-order valence-electron chi connectivity index (χ4n) is 1.63. The van der Waals surface area contributed by atoms with Crippen molar-refractivity contribution >= 4 is 27.3 Å². The molecule has 0 saturated heterocycles. The maximum atomic E-state index is 12.4. The molecule has 1 aromatic rings. The quantitative estimate of drug-likeness (QED) is 0.834. The van der Waals surface area contributed by atoms with E-state index in [4.69, 9.17) is 0 Å². The Kier molecular flexibility index (Phi) is 6.16. The van der Waals surface area contributed by atoms with Gasteiger partial charge in [0.15, 0.2) is 0 Å². The third-order valence-electron chi connectivity index (χ3n) is 3.23. The van der Waals surface area contributed by atoms with Crippen LogP contribution in [0.1, 0.15) is 32.1 Å². The number of carbonyl (C=O) groups excluding carboxylic acids is 1. The maximum absolute atomic E-state index is 12.4. The van der Waals surface area contributed by atoms with E-state index in [0.717, 1.165) is 11.3 Å². The van der Waals surface area contributed by atoms with Crippen LogP contribution in [0.5, 0.6) is 0 Å². The van der Waals surface area contributed by atoms with E-state index in [9.17, 15) is 13.2 Å². The summed E-state index contributed by atoms with van der Waals surface area (Å²) < 4.78 is 26.6. The molecule has 0 aliphatic rings. The highest BCUT2D eigenvalue weighted by molar-refractivity contribution is 7.91. The van der Waals surface area contributed by atoms with Crippen LogP contribution in [0.25, 0.3) is 0 Å². The van der Waals surface area contributed by atoms with Crippen LogP contribution in [0.15, 0.2) is 16.3 Å². The van der Waals surface area contributed by atoms with Crippen molar-refractivity contribution in [2.24, 2.45) is 0 Å². The molecule has 5 nitrogen and oxygen atoms in total. The van der Waals surface area contributed by atoms with Crippen molar-refractivity contribution in [2.75, 3.05) is 13.6 Å². The molecule has 1 atom stereocenters. The first kappa shape index (κ1) is 17.1. The van der Waals surface area contributed by atoms with E-state index < -0.39 is 10.0 Å². The fraction of sp³-hybridized carbons (Fsp3) is 0.615. The van der Waals surface area contributed by atoms with Crippen LogP contribution in [0.2, 0.25) is 0 Å². The number of sulfonamides is 1. The summed E-state index contributed by atoms with van der Waals surface area (Å²) >= 11 is 1.27. The van der Waals surface area contributed by atoms with Gasteiger partial charge in [-0.25, -0.2) is 8.42 Å². The summed E-state index contributed by atoms with van der Waals surface area (Å²) in [6.45, 7) is 5.84. The molecule has 1 heterocycles. The molecule has 0 radical (unpaired) electrons. The molecule has 0 aliphatic carbocycles. The Bertz CT molecular complexity index is 552. The first-order valence-electron chi connectivity index (χ1n) is 6.60. The van der Waals surface area contributed by atoms with Crippen molar-refractivity contribution in [3.8, 4) is 0 Å². The van der Waals surface area contributed by atoms with Gasteiger partial charge in [-0.1, -0.05) is 6.92 Å². The van der Waals surface area contributed by atoms with Crippen molar-refractivity contribution in [1.82, 2.24) is 9.62 Å². The number of hydrogen-bond acceptors (Lipinski definition) is 4. The number of nitrogens with one attached hydrogen (secondary N) is 1. The van der Waals surface area contributed by atoms with E-state index in [1.165, 1.54) is 22.6 Å². The van der Waals surface area contributed by atoms with Gasteiger partial charge >= 0.3 is 0 Å². The molecule has 0 fully saturated rings. The summed E-state index contributed by atoms with van der Waals surface area (Å²) in [6, 6.07) is 3.43. The maximum Gasteiger partial charge on any atom is 0.252 e. The van der Waals surface area contributed by atoms with Crippen molar-refractivity contribution in [2.45, 2.75) is 43.9 Å². The van der Waals surface area contributed by atoms with Gasteiger partial charge in [-0.3, -0.25) is 4.79 Å². The Morgan fingerprint density at radius 3 is 2.65 bits per heavy atom. The van der Waals surface area contributed by atoms with Gasteiger partial charge in [0.1, 0.15) is 4.21 Å². The van der Waals surface area contributed by atoms with Gasteiger partial charge in [-0.2, -0.15) is 4.31 Å². The molecule has 20 heavy (non-hydrogen) atoms. The molecule has 1 amide bonds. The molecular weight excluding hydrogens is 296 g/mol. The lowest BCUT2D eigenvalue weighted by Crippen LogP contribution is -2.34. The monoisotopic (exact) mass is 318 g/mol. The molecule has 1 aromatic heterocycles. The highest BCUT2D eigenvalue weighted by atomic mass is 32.2. The second-order valence-electron chi connectivity index (χ2n) is 4.73. The van der Waals surface area contributed by atoms with Gasteiger partial charge in [-0.05, 0) is 31.9 Å². The highest BCUT2D eigenvalue weighted by Crippen LogP contribution is 2.26. The van der Waals surface area contributed by atoms with Crippen LogP contribution in [-0.4, -0.2) is 38.3 Å². The van der Waals surface area contributed by atoms with Crippen LogP contribution in [0, 0.1) is 0 Å². The third kappa shape index (κ3) is 4.29. The number of carbonyl (C=O) groups is 1.